The number of amides is 2. The molecule has 2 atom stereocenters. The predicted octanol–water partition coefficient (Wildman–Crippen LogP) is 2.78. The average molecular weight is 382 g/mol. The van der Waals surface area contributed by atoms with Crippen LogP contribution in [-0.4, -0.2) is 42.9 Å². The first-order valence-corrected chi connectivity index (χ1v) is 10.6. The van der Waals surface area contributed by atoms with Gasteiger partial charge in [0, 0.05) is 31.7 Å². The molecule has 27 heavy (non-hydrogen) atoms. The summed E-state index contributed by atoms with van der Waals surface area (Å²) in [6.07, 6.45) is 3.32. The molecular formula is C21H23N3O2S. The number of fused-ring (bicyclic) bond motifs is 2. The third-order valence-corrected chi connectivity index (χ3v) is 6.99. The van der Waals surface area contributed by atoms with Crippen molar-refractivity contribution in [2.24, 2.45) is 11.8 Å². The van der Waals surface area contributed by atoms with Crippen molar-refractivity contribution < 1.29 is 9.59 Å². The molecule has 1 aromatic heterocycles. The highest BCUT2D eigenvalue weighted by Gasteiger charge is 2.38. The molecule has 0 saturated carbocycles. The van der Waals surface area contributed by atoms with Crippen LogP contribution in [0.4, 0.5) is 5.00 Å². The fraction of sp³-hybridized carbons (Fsp3) is 0.429. The Labute approximate surface area is 162 Å². The van der Waals surface area contributed by atoms with Crippen molar-refractivity contribution in [1.82, 2.24) is 10.2 Å². The van der Waals surface area contributed by atoms with Crippen molar-refractivity contribution >= 4 is 28.2 Å². The van der Waals surface area contributed by atoms with E-state index in [4.69, 9.17) is 0 Å². The van der Waals surface area contributed by atoms with E-state index >= 15 is 0 Å². The van der Waals surface area contributed by atoms with Crippen molar-refractivity contribution in [3.05, 3.63) is 51.9 Å². The SMILES string of the molecule is O=C(Nc1sccc1C(=O)N1C[C@H]2CNC[C@H]2C1)c1ccc2c(c1)CCC2. The number of benzene rings is 1. The lowest BCUT2D eigenvalue weighted by atomic mass is 10.0. The normalized spacial score (nSPS) is 23.3. The number of carbonyl (C=O) groups is 2. The Kier molecular flexibility index (Phi) is 4.25. The minimum absolute atomic E-state index is 0.0369. The number of nitrogens with one attached hydrogen (secondary N) is 2. The van der Waals surface area contributed by atoms with Crippen molar-refractivity contribution in [3.8, 4) is 0 Å². The van der Waals surface area contributed by atoms with E-state index in [0.717, 1.165) is 45.4 Å². The van der Waals surface area contributed by atoms with Gasteiger partial charge in [0.2, 0.25) is 0 Å². The molecule has 0 spiro atoms. The van der Waals surface area contributed by atoms with Crippen molar-refractivity contribution in [1.29, 1.82) is 0 Å². The van der Waals surface area contributed by atoms with Gasteiger partial charge in [-0.25, -0.2) is 0 Å². The second-order valence-electron chi connectivity index (χ2n) is 7.84. The Bertz CT molecular complexity index is 895. The largest absolute Gasteiger partial charge is 0.338 e. The van der Waals surface area contributed by atoms with Gasteiger partial charge in [-0.15, -0.1) is 11.3 Å². The van der Waals surface area contributed by atoms with E-state index in [1.54, 1.807) is 0 Å². The number of anilines is 1. The van der Waals surface area contributed by atoms with Crippen LogP contribution < -0.4 is 10.6 Å². The molecular weight excluding hydrogens is 358 g/mol. The zero-order chi connectivity index (χ0) is 18.4. The van der Waals surface area contributed by atoms with Crippen LogP contribution in [0.15, 0.2) is 29.6 Å². The van der Waals surface area contributed by atoms with E-state index in [1.807, 2.05) is 28.5 Å². The van der Waals surface area contributed by atoms with Crippen molar-refractivity contribution in [2.75, 3.05) is 31.5 Å². The van der Waals surface area contributed by atoms with Gasteiger partial charge < -0.3 is 15.5 Å². The lowest BCUT2D eigenvalue weighted by molar-refractivity contribution is 0.0783. The molecule has 3 aliphatic rings. The molecule has 2 amide bonds. The summed E-state index contributed by atoms with van der Waals surface area (Å²) in [5, 5.41) is 8.90. The summed E-state index contributed by atoms with van der Waals surface area (Å²) >= 11 is 1.41. The van der Waals surface area contributed by atoms with Crippen LogP contribution in [0.2, 0.25) is 0 Å². The number of nitrogens with zero attached hydrogens (tertiary/aromatic N) is 1. The molecule has 5 nitrogen and oxygen atoms in total. The Morgan fingerprint density at radius 3 is 2.67 bits per heavy atom. The Morgan fingerprint density at radius 2 is 1.85 bits per heavy atom. The Balaban J connectivity index is 1.31. The molecule has 2 aliphatic heterocycles. The summed E-state index contributed by atoms with van der Waals surface area (Å²) < 4.78 is 0. The maximum absolute atomic E-state index is 13.0. The number of aryl methyl sites for hydroxylation is 2. The molecule has 1 aromatic carbocycles. The first-order valence-electron chi connectivity index (χ1n) is 9.69. The highest BCUT2D eigenvalue weighted by atomic mass is 32.1. The summed E-state index contributed by atoms with van der Waals surface area (Å²) in [7, 11) is 0. The van der Waals surface area contributed by atoms with Crippen LogP contribution in [0.3, 0.4) is 0 Å². The fourth-order valence-electron chi connectivity index (χ4n) is 4.65. The third kappa shape index (κ3) is 3.07. The maximum Gasteiger partial charge on any atom is 0.256 e. The second kappa shape index (κ2) is 6.77. The Hall–Kier alpha value is -2.18. The number of likely N-dealkylation sites (tertiary alicyclic amines) is 1. The van der Waals surface area contributed by atoms with Crippen LogP contribution in [0, 0.1) is 11.8 Å². The van der Waals surface area contributed by atoms with Gasteiger partial charge in [0.25, 0.3) is 11.8 Å². The predicted molar refractivity (Wildman–Crippen MR) is 106 cm³/mol. The van der Waals surface area contributed by atoms with Crippen LogP contribution in [-0.2, 0) is 12.8 Å². The monoisotopic (exact) mass is 381 g/mol. The minimum atomic E-state index is -0.135. The van der Waals surface area contributed by atoms with Crippen molar-refractivity contribution in [2.45, 2.75) is 19.3 Å². The van der Waals surface area contributed by atoms with Crippen molar-refractivity contribution in [3.63, 3.8) is 0 Å². The summed E-state index contributed by atoms with van der Waals surface area (Å²) in [5.41, 5.74) is 3.92. The van der Waals surface area contributed by atoms with E-state index in [9.17, 15) is 9.59 Å². The molecule has 5 rings (SSSR count). The number of hydrogen-bond donors (Lipinski definition) is 2. The van der Waals surface area contributed by atoms with Crippen LogP contribution in [0.5, 0.6) is 0 Å². The lowest BCUT2D eigenvalue weighted by Crippen LogP contribution is -2.32. The van der Waals surface area contributed by atoms with Gasteiger partial charge in [-0.05, 0) is 65.8 Å². The molecule has 1 aliphatic carbocycles. The van der Waals surface area contributed by atoms with E-state index in [1.165, 1.54) is 22.5 Å². The summed E-state index contributed by atoms with van der Waals surface area (Å²) in [5.74, 6) is 1.03. The second-order valence-corrected chi connectivity index (χ2v) is 8.76. The quantitative estimate of drug-likeness (QED) is 0.859. The number of thiophene rings is 1. The summed E-state index contributed by atoms with van der Waals surface area (Å²) in [4.78, 5) is 27.7. The topological polar surface area (TPSA) is 61.4 Å². The van der Waals surface area contributed by atoms with E-state index in [0.29, 0.717) is 28.0 Å². The average Bonchev–Trinajstić information content (AvgIpc) is 3.43. The van der Waals surface area contributed by atoms with E-state index < -0.39 is 0 Å². The zero-order valence-electron chi connectivity index (χ0n) is 15.2. The lowest BCUT2D eigenvalue weighted by Gasteiger charge is -2.18. The summed E-state index contributed by atoms with van der Waals surface area (Å²) in [6, 6.07) is 7.79. The maximum atomic E-state index is 13.0. The fourth-order valence-corrected chi connectivity index (χ4v) is 5.43. The highest BCUT2D eigenvalue weighted by molar-refractivity contribution is 7.14. The number of rotatable bonds is 3. The van der Waals surface area contributed by atoms with E-state index in [2.05, 4.69) is 16.7 Å². The minimum Gasteiger partial charge on any atom is -0.338 e. The Morgan fingerprint density at radius 1 is 1.07 bits per heavy atom. The van der Waals surface area contributed by atoms with Crippen LogP contribution in [0.25, 0.3) is 0 Å². The van der Waals surface area contributed by atoms with E-state index in [-0.39, 0.29) is 11.8 Å². The smallest absolute Gasteiger partial charge is 0.256 e. The van der Waals surface area contributed by atoms with Crippen LogP contribution >= 0.6 is 11.3 Å². The molecule has 0 bridgehead atoms. The molecule has 0 radical (unpaired) electrons. The third-order valence-electron chi connectivity index (χ3n) is 6.16. The molecule has 6 heteroatoms. The molecule has 2 N–H and O–H groups in total. The first-order chi connectivity index (χ1) is 13.2. The van der Waals surface area contributed by atoms with Gasteiger partial charge in [0.05, 0.1) is 5.56 Å². The highest BCUT2D eigenvalue weighted by Crippen LogP contribution is 2.31. The van der Waals surface area contributed by atoms with Gasteiger partial charge >= 0.3 is 0 Å². The molecule has 0 unspecified atom stereocenters. The van der Waals surface area contributed by atoms with Gasteiger partial charge in [-0.3, -0.25) is 9.59 Å². The van der Waals surface area contributed by atoms with Gasteiger partial charge in [-0.1, -0.05) is 6.07 Å². The number of carbonyl (C=O) groups excluding carboxylic acids is 2. The van der Waals surface area contributed by atoms with Gasteiger partial charge in [-0.2, -0.15) is 0 Å². The molecule has 2 saturated heterocycles. The zero-order valence-corrected chi connectivity index (χ0v) is 16.0. The standard InChI is InChI=1S/C21H23N3O2S/c25-19(15-5-4-13-2-1-3-14(13)8-15)23-20-18(6-7-27-20)21(26)24-11-16-9-22-10-17(16)12-24/h4-8,16-17,22H,1-3,9-12H2,(H,23,25)/t16-,17+. The molecule has 2 fully saturated rings. The molecule has 140 valence electrons. The molecule has 2 aromatic rings. The summed E-state index contributed by atoms with van der Waals surface area (Å²) in [6.45, 7) is 3.62. The number of hydrogen-bond acceptors (Lipinski definition) is 4. The van der Waals surface area contributed by atoms with Gasteiger partial charge in [0.15, 0.2) is 0 Å². The molecule has 3 heterocycles. The van der Waals surface area contributed by atoms with Crippen LogP contribution in [0.1, 0.15) is 38.3 Å². The van der Waals surface area contributed by atoms with Gasteiger partial charge in [0.1, 0.15) is 5.00 Å². The first kappa shape index (κ1) is 17.0.